The van der Waals surface area contributed by atoms with Gasteiger partial charge in [0.15, 0.2) is 0 Å². The van der Waals surface area contributed by atoms with Gasteiger partial charge in [-0.25, -0.2) is 13.5 Å². The lowest BCUT2D eigenvalue weighted by molar-refractivity contribution is 0.139. The average molecular weight is 354 g/mol. The molecule has 0 aliphatic heterocycles. The van der Waals surface area contributed by atoms with E-state index in [1.807, 2.05) is 6.07 Å². The Balaban J connectivity index is 1.81. The van der Waals surface area contributed by atoms with E-state index in [4.69, 9.17) is 11.6 Å². The van der Waals surface area contributed by atoms with Gasteiger partial charge in [0, 0.05) is 31.0 Å². The van der Waals surface area contributed by atoms with Crippen LogP contribution in [0.3, 0.4) is 0 Å². The summed E-state index contributed by atoms with van der Waals surface area (Å²) in [6.07, 6.45) is -2.67. The molecular weight excluding hydrogens is 340 g/mol. The third-order valence-corrected chi connectivity index (χ3v) is 4.13. The molecule has 3 rings (SSSR count). The second-order valence-corrected chi connectivity index (χ2v) is 5.62. The minimum absolute atomic E-state index is 0.0517. The first-order valence-corrected chi connectivity index (χ1v) is 7.53. The van der Waals surface area contributed by atoms with Crippen molar-refractivity contribution in [1.29, 1.82) is 0 Å². The van der Waals surface area contributed by atoms with Crippen LogP contribution in [-0.2, 0) is 20.1 Å². The van der Waals surface area contributed by atoms with Gasteiger partial charge in [-0.05, 0) is 6.07 Å². The number of hydrogen-bond donors (Lipinski definition) is 2. The monoisotopic (exact) mass is 353 g/mol. The lowest BCUT2D eigenvalue weighted by Gasteiger charge is -2.08. The van der Waals surface area contributed by atoms with Gasteiger partial charge in [-0.3, -0.25) is 4.79 Å². The summed E-state index contributed by atoms with van der Waals surface area (Å²) >= 11 is 6.30. The number of alkyl halides is 2. The summed E-state index contributed by atoms with van der Waals surface area (Å²) in [6, 6.07) is 7.17. The molecule has 0 fully saturated rings. The third kappa shape index (κ3) is 3.02. The van der Waals surface area contributed by atoms with Crippen molar-refractivity contribution in [3.8, 4) is 0 Å². The van der Waals surface area contributed by atoms with Gasteiger partial charge in [-0.2, -0.15) is 0 Å². The number of rotatable bonds is 5. The van der Waals surface area contributed by atoms with Crippen molar-refractivity contribution < 1.29 is 8.78 Å². The Bertz CT molecular complexity index is 937. The molecule has 2 heterocycles. The number of H-pyrrole nitrogens is 1. The number of benzene rings is 1. The Kier molecular flexibility index (Phi) is 4.59. The highest BCUT2D eigenvalue weighted by Gasteiger charge is 2.20. The Morgan fingerprint density at radius 2 is 2.08 bits per heavy atom. The summed E-state index contributed by atoms with van der Waals surface area (Å²) in [5.41, 5.74) is 0.560. The van der Waals surface area contributed by atoms with E-state index < -0.39 is 6.43 Å². The van der Waals surface area contributed by atoms with Crippen molar-refractivity contribution in [2.75, 3.05) is 0 Å². The topological polar surface area (TPSA) is 75.6 Å². The number of pyridine rings is 1. The zero-order valence-corrected chi connectivity index (χ0v) is 13.4. The summed E-state index contributed by atoms with van der Waals surface area (Å²) in [5, 5.41) is 11.3. The van der Waals surface area contributed by atoms with Crippen molar-refractivity contribution in [3.05, 3.63) is 56.6 Å². The molecule has 0 bridgehead atoms. The van der Waals surface area contributed by atoms with E-state index in [2.05, 4.69) is 20.6 Å². The maximum atomic E-state index is 13.0. The van der Waals surface area contributed by atoms with Crippen molar-refractivity contribution in [3.63, 3.8) is 0 Å². The van der Waals surface area contributed by atoms with Gasteiger partial charge in [0.25, 0.3) is 12.0 Å². The van der Waals surface area contributed by atoms with Gasteiger partial charge >= 0.3 is 0 Å². The van der Waals surface area contributed by atoms with E-state index in [0.717, 1.165) is 10.1 Å². The number of halogens is 3. The van der Waals surface area contributed by atoms with Gasteiger partial charge in [0.2, 0.25) is 0 Å². The summed E-state index contributed by atoms with van der Waals surface area (Å²) in [5.74, 6) is 0. The lowest BCUT2D eigenvalue weighted by Crippen LogP contribution is -2.22. The van der Waals surface area contributed by atoms with E-state index in [0.29, 0.717) is 16.1 Å². The largest absolute Gasteiger partial charge is 0.322 e. The van der Waals surface area contributed by atoms with Crippen LogP contribution >= 0.6 is 11.6 Å². The molecule has 0 aliphatic carbocycles. The van der Waals surface area contributed by atoms with Crippen LogP contribution in [0.1, 0.15) is 23.4 Å². The minimum atomic E-state index is -2.67. The predicted molar refractivity (Wildman–Crippen MR) is 86.1 cm³/mol. The van der Waals surface area contributed by atoms with Crippen LogP contribution in [0.25, 0.3) is 10.9 Å². The molecule has 0 radical (unpaired) electrons. The second-order valence-electron chi connectivity index (χ2n) is 5.24. The van der Waals surface area contributed by atoms with Crippen LogP contribution in [0.4, 0.5) is 8.78 Å². The highest BCUT2D eigenvalue weighted by molar-refractivity contribution is 6.36. The van der Waals surface area contributed by atoms with Crippen LogP contribution < -0.4 is 10.9 Å². The average Bonchev–Trinajstić information content (AvgIpc) is 2.91. The minimum Gasteiger partial charge on any atom is -0.322 e. The third-order valence-electron chi connectivity index (χ3n) is 3.70. The Morgan fingerprint density at radius 3 is 2.83 bits per heavy atom. The molecule has 0 spiro atoms. The first-order chi connectivity index (χ1) is 11.5. The van der Waals surface area contributed by atoms with E-state index in [9.17, 15) is 13.6 Å². The molecule has 1 aromatic carbocycles. The van der Waals surface area contributed by atoms with Crippen molar-refractivity contribution in [2.45, 2.75) is 19.5 Å². The van der Waals surface area contributed by atoms with E-state index >= 15 is 0 Å². The molecule has 0 atom stereocenters. The second kappa shape index (κ2) is 6.66. The van der Waals surface area contributed by atoms with Crippen LogP contribution in [0.5, 0.6) is 0 Å². The summed E-state index contributed by atoms with van der Waals surface area (Å²) in [4.78, 5) is 14.9. The van der Waals surface area contributed by atoms with Crippen LogP contribution in [0.2, 0.25) is 5.02 Å². The molecule has 0 saturated carbocycles. The normalized spacial score (nSPS) is 11.5. The molecule has 9 heteroatoms. The predicted octanol–water partition coefficient (Wildman–Crippen LogP) is 2.54. The summed E-state index contributed by atoms with van der Waals surface area (Å²) < 4.78 is 27.0. The van der Waals surface area contributed by atoms with Gasteiger partial charge in [0.1, 0.15) is 11.4 Å². The van der Waals surface area contributed by atoms with Gasteiger partial charge in [-0.15, -0.1) is 5.10 Å². The highest BCUT2D eigenvalue weighted by atomic mass is 35.5. The number of nitrogens with one attached hydrogen (secondary N) is 2. The fourth-order valence-electron chi connectivity index (χ4n) is 2.51. The van der Waals surface area contributed by atoms with Crippen LogP contribution in [-0.4, -0.2) is 20.0 Å². The maximum absolute atomic E-state index is 13.0. The fraction of sp³-hybridized carbons (Fsp3) is 0.267. The molecule has 24 heavy (non-hydrogen) atoms. The number of nitrogens with zero attached hydrogens (tertiary/aromatic N) is 3. The lowest BCUT2D eigenvalue weighted by atomic mass is 10.1. The number of aromatic amines is 1. The molecular formula is C15H14ClF2N5O. The molecule has 0 unspecified atom stereocenters. The summed E-state index contributed by atoms with van der Waals surface area (Å²) in [7, 11) is 1.41. The van der Waals surface area contributed by atoms with E-state index in [1.54, 1.807) is 18.2 Å². The number of aryl methyl sites for hydroxylation is 1. The maximum Gasteiger partial charge on any atom is 0.281 e. The molecule has 126 valence electrons. The molecule has 0 amide bonds. The molecule has 0 saturated heterocycles. The van der Waals surface area contributed by atoms with E-state index in [-0.39, 0.29) is 30.0 Å². The SMILES string of the molecule is Cn1nnc(CNCc2c(Cl)c3ccccc3[nH]c2=O)c1C(F)F. The quantitative estimate of drug-likeness (QED) is 0.739. The highest BCUT2D eigenvalue weighted by Crippen LogP contribution is 2.23. The zero-order valence-electron chi connectivity index (χ0n) is 12.7. The molecule has 0 aliphatic rings. The number of hydrogen-bond acceptors (Lipinski definition) is 4. The Hall–Kier alpha value is -2.32. The summed E-state index contributed by atoms with van der Waals surface area (Å²) in [6.45, 7) is 0.175. The Labute approximate surface area is 140 Å². The molecule has 3 aromatic rings. The molecule has 2 aromatic heterocycles. The number of fused-ring (bicyclic) bond motifs is 1. The van der Waals surface area contributed by atoms with Gasteiger partial charge in [-0.1, -0.05) is 35.0 Å². The zero-order chi connectivity index (χ0) is 17.3. The van der Waals surface area contributed by atoms with Crippen molar-refractivity contribution in [2.24, 2.45) is 7.05 Å². The Morgan fingerprint density at radius 1 is 1.33 bits per heavy atom. The smallest absolute Gasteiger partial charge is 0.281 e. The first-order valence-electron chi connectivity index (χ1n) is 7.15. The van der Waals surface area contributed by atoms with Gasteiger partial charge < -0.3 is 10.3 Å². The van der Waals surface area contributed by atoms with Crippen LogP contribution in [0, 0.1) is 0 Å². The van der Waals surface area contributed by atoms with Gasteiger partial charge in [0.05, 0.1) is 10.6 Å². The fourth-order valence-corrected chi connectivity index (χ4v) is 2.83. The number of para-hydroxylation sites is 1. The molecule has 6 nitrogen and oxygen atoms in total. The molecule has 2 N–H and O–H groups in total. The van der Waals surface area contributed by atoms with Crippen LogP contribution in [0.15, 0.2) is 29.1 Å². The van der Waals surface area contributed by atoms with Crippen molar-refractivity contribution >= 4 is 22.5 Å². The van der Waals surface area contributed by atoms with Crippen molar-refractivity contribution in [1.82, 2.24) is 25.3 Å². The van der Waals surface area contributed by atoms with E-state index in [1.165, 1.54) is 7.05 Å². The standard InChI is InChI=1S/C15H14ClF2N5O/c1-23-13(14(17)18)11(21-22-23)7-19-6-9-12(16)8-4-2-3-5-10(8)20-15(9)24/h2-5,14,19H,6-7H2,1H3,(H,20,24). The first kappa shape index (κ1) is 16.5. The number of aromatic nitrogens is 4.